The second-order valence-electron chi connectivity index (χ2n) is 5.36. The van der Waals surface area contributed by atoms with Gasteiger partial charge in [-0.15, -0.1) is 0 Å². The van der Waals surface area contributed by atoms with Gasteiger partial charge in [0.15, 0.2) is 11.6 Å². The number of phenolic OH excluding ortho intramolecular Hbond substituents is 1. The lowest BCUT2D eigenvalue weighted by Crippen LogP contribution is -2.46. The topological polar surface area (TPSA) is 26.7 Å². The smallest absolute Gasteiger partial charge is 0.175 e. The Bertz CT molecular complexity index is 595. The average molecular weight is 286 g/mol. The molecule has 0 spiro atoms. The molecule has 1 N–H and O–H groups in total. The van der Waals surface area contributed by atoms with E-state index in [0.29, 0.717) is 5.69 Å². The minimum Gasteiger partial charge on any atom is -0.503 e. The third-order valence-electron chi connectivity index (χ3n) is 3.93. The third-order valence-corrected chi connectivity index (χ3v) is 3.93. The highest BCUT2D eigenvalue weighted by Gasteiger charge is 2.20. The van der Waals surface area contributed by atoms with Gasteiger partial charge in [0.05, 0.1) is 5.69 Å². The van der Waals surface area contributed by atoms with Crippen molar-refractivity contribution in [2.45, 2.75) is 6.54 Å². The number of benzene rings is 2. The molecule has 0 aliphatic carbocycles. The Labute approximate surface area is 124 Å². The van der Waals surface area contributed by atoms with Crippen molar-refractivity contribution in [2.75, 3.05) is 31.1 Å². The van der Waals surface area contributed by atoms with Crippen molar-refractivity contribution in [1.29, 1.82) is 0 Å². The maximum atomic E-state index is 13.4. The van der Waals surface area contributed by atoms with Crippen molar-refractivity contribution in [3.63, 3.8) is 0 Å². The van der Waals surface area contributed by atoms with Crippen LogP contribution in [0.25, 0.3) is 0 Å². The summed E-state index contributed by atoms with van der Waals surface area (Å²) in [5.41, 5.74) is 1.90. The number of aromatic hydroxyl groups is 1. The van der Waals surface area contributed by atoms with Crippen LogP contribution in [0.5, 0.6) is 5.75 Å². The number of piperazine rings is 1. The molecule has 3 nitrogen and oxygen atoms in total. The van der Waals surface area contributed by atoms with Crippen molar-refractivity contribution < 1.29 is 9.50 Å². The molecular weight excluding hydrogens is 267 g/mol. The van der Waals surface area contributed by atoms with E-state index in [9.17, 15) is 9.50 Å². The molecule has 0 radical (unpaired) electrons. The molecule has 110 valence electrons. The maximum Gasteiger partial charge on any atom is 0.175 e. The fraction of sp³-hybridized carbons (Fsp3) is 0.294. The number of halogens is 1. The molecule has 0 unspecified atom stereocenters. The summed E-state index contributed by atoms with van der Waals surface area (Å²) in [5.74, 6) is -0.798. The fourth-order valence-corrected chi connectivity index (χ4v) is 2.75. The van der Waals surface area contributed by atoms with Crippen LogP contribution >= 0.6 is 0 Å². The molecular formula is C17H19FN2O. The highest BCUT2D eigenvalue weighted by Crippen LogP contribution is 2.30. The van der Waals surface area contributed by atoms with Crippen molar-refractivity contribution >= 4 is 5.69 Å². The van der Waals surface area contributed by atoms with Crippen molar-refractivity contribution in [3.05, 3.63) is 59.9 Å². The zero-order chi connectivity index (χ0) is 14.7. The van der Waals surface area contributed by atoms with Gasteiger partial charge in [0.2, 0.25) is 0 Å². The summed E-state index contributed by atoms with van der Waals surface area (Å²) in [5, 5.41) is 9.82. The molecule has 0 amide bonds. The van der Waals surface area contributed by atoms with E-state index in [2.05, 4.69) is 29.2 Å². The standard InChI is InChI=1S/C17H19FN2O/c18-15-7-4-8-16(17(15)21)20-11-9-19(10-12-20)13-14-5-2-1-3-6-14/h1-8,21H,9-13H2. The Morgan fingerprint density at radius 3 is 2.33 bits per heavy atom. The third kappa shape index (κ3) is 3.16. The van der Waals surface area contributed by atoms with Crippen LogP contribution < -0.4 is 4.90 Å². The van der Waals surface area contributed by atoms with Crippen LogP contribution in [0.3, 0.4) is 0 Å². The van der Waals surface area contributed by atoms with Crippen LogP contribution in [-0.2, 0) is 6.54 Å². The molecule has 0 atom stereocenters. The SMILES string of the molecule is Oc1c(F)cccc1N1CCN(Cc2ccccc2)CC1. The summed E-state index contributed by atoms with van der Waals surface area (Å²) in [6.07, 6.45) is 0. The van der Waals surface area contributed by atoms with Gasteiger partial charge < -0.3 is 10.0 Å². The quantitative estimate of drug-likeness (QED) is 0.940. The van der Waals surface area contributed by atoms with Gasteiger partial charge in [0.25, 0.3) is 0 Å². The van der Waals surface area contributed by atoms with E-state index in [4.69, 9.17) is 0 Å². The first-order valence-corrected chi connectivity index (χ1v) is 7.23. The number of anilines is 1. The molecule has 1 aliphatic heterocycles. The van der Waals surface area contributed by atoms with Crippen LogP contribution in [0.4, 0.5) is 10.1 Å². The zero-order valence-electron chi connectivity index (χ0n) is 11.9. The van der Waals surface area contributed by atoms with Gasteiger partial charge in [-0.2, -0.15) is 0 Å². The van der Waals surface area contributed by atoms with Gasteiger partial charge in [0, 0.05) is 32.7 Å². The second kappa shape index (κ2) is 6.14. The minimum absolute atomic E-state index is 0.242. The Hall–Kier alpha value is -2.07. The van der Waals surface area contributed by atoms with E-state index in [0.717, 1.165) is 32.7 Å². The molecule has 2 aromatic carbocycles. The summed E-state index contributed by atoms with van der Waals surface area (Å²) in [4.78, 5) is 4.42. The molecule has 1 heterocycles. The molecule has 1 saturated heterocycles. The minimum atomic E-state index is -0.556. The predicted molar refractivity (Wildman–Crippen MR) is 82.0 cm³/mol. The number of hydrogen-bond donors (Lipinski definition) is 1. The molecule has 21 heavy (non-hydrogen) atoms. The Morgan fingerprint density at radius 2 is 1.62 bits per heavy atom. The van der Waals surface area contributed by atoms with E-state index in [-0.39, 0.29) is 5.75 Å². The number of rotatable bonds is 3. The first-order valence-electron chi connectivity index (χ1n) is 7.23. The average Bonchev–Trinajstić information content (AvgIpc) is 2.52. The molecule has 2 aromatic rings. The monoisotopic (exact) mass is 286 g/mol. The summed E-state index contributed by atoms with van der Waals surface area (Å²) in [6, 6.07) is 15.1. The number of hydrogen-bond acceptors (Lipinski definition) is 3. The Morgan fingerprint density at radius 1 is 0.905 bits per heavy atom. The van der Waals surface area contributed by atoms with Gasteiger partial charge in [-0.05, 0) is 17.7 Å². The molecule has 1 fully saturated rings. The van der Waals surface area contributed by atoms with Crippen molar-refractivity contribution in [3.8, 4) is 5.75 Å². The van der Waals surface area contributed by atoms with Crippen LogP contribution in [0, 0.1) is 5.82 Å². The molecule has 3 rings (SSSR count). The highest BCUT2D eigenvalue weighted by molar-refractivity contribution is 5.58. The van der Waals surface area contributed by atoms with Crippen molar-refractivity contribution in [2.24, 2.45) is 0 Å². The van der Waals surface area contributed by atoms with Crippen LogP contribution in [0.1, 0.15) is 5.56 Å². The fourth-order valence-electron chi connectivity index (χ4n) is 2.75. The number of para-hydroxylation sites is 1. The van der Waals surface area contributed by atoms with Gasteiger partial charge in [-0.1, -0.05) is 36.4 Å². The molecule has 4 heteroatoms. The van der Waals surface area contributed by atoms with E-state index >= 15 is 0 Å². The summed E-state index contributed by atoms with van der Waals surface area (Å²) in [6.45, 7) is 4.34. The molecule has 0 saturated carbocycles. The first kappa shape index (κ1) is 13.9. The Kier molecular flexibility index (Phi) is 4.06. The zero-order valence-corrected chi connectivity index (χ0v) is 11.9. The van der Waals surface area contributed by atoms with Crippen LogP contribution in [0.15, 0.2) is 48.5 Å². The lowest BCUT2D eigenvalue weighted by molar-refractivity contribution is 0.249. The largest absolute Gasteiger partial charge is 0.503 e. The Balaban J connectivity index is 1.61. The summed E-state index contributed by atoms with van der Waals surface area (Å²) >= 11 is 0. The maximum absolute atomic E-state index is 13.4. The highest BCUT2D eigenvalue weighted by atomic mass is 19.1. The number of phenols is 1. The molecule has 1 aliphatic rings. The van der Waals surface area contributed by atoms with Gasteiger partial charge >= 0.3 is 0 Å². The molecule has 0 aromatic heterocycles. The van der Waals surface area contributed by atoms with E-state index in [1.807, 2.05) is 11.0 Å². The first-order chi connectivity index (χ1) is 10.2. The summed E-state index contributed by atoms with van der Waals surface area (Å²) < 4.78 is 13.4. The van der Waals surface area contributed by atoms with E-state index < -0.39 is 5.82 Å². The predicted octanol–water partition coefficient (Wildman–Crippen LogP) is 2.85. The van der Waals surface area contributed by atoms with E-state index in [1.165, 1.54) is 11.6 Å². The van der Waals surface area contributed by atoms with Gasteiger partial charge in [-0.25, -0.2) is 4.39 Å². The summed E-state index contributed by atoms with van der Waals surface area (Å²) in [7, 11) is 0. The normalized spacial score (nSPS) is 16.1. The lowest BCUT2D eigenvalue weighted by atomic mass is 10.2. The van der Waals surface area contributed by atoms with Crippen molar-refractivity contribution in [1.82, 2.24) is 4.90 Å². The second-order valence-corrected chi connectivity index (χ2v) is 5.36. The van der Waals surface area contributed by atoms with Gasteiger partial charge in [-0.3, -0.25) is 4.90 Å². The van der Waals surface area contributed by atoms with Gasteiger partial charge in [0.1, 0.15) is 0 Å². The van der Waals surface area contributed by atoms with E-state index in [1.54, 1.807) is 12.1 Å². The molecule has 0 bridgehead atoms. The van der Waals surface area contributed by atoms with Crippen LogP contribution in [-0.4, -0.2) is 36.2 Å². The van der Waals surface area contributed by atoms with Crippen LogP contribution in [0.2, 0.25) is 0 Å². The number of nitrogens with zero attached hydrogens (tertiary/aromatic N) is 2. The lowest BCUT2D eigenvalue weighted by Gasteiger charge is -2.36.